The van der Waals surface area contributed by atoms with Crippen molar-refractivity contribution in [3.05, 3.63) is 288 Å². The van der Waals surface area contributed by atoms with E-state index in [1.807, 2.05) is 0 Å². The Bertz CT molecular complexity index is 4070. The zero-order chi connectivity index (χ0) is 52.7. The van der Waals surface area contributed by atoms with Gasteiger partial charge in [0.15, 0.2) is 0 Å². The van der Waals surface area contributed by atoms with Gasteiger partial charge < -0.3 is 9.80 Å². The average molecular weight is 1020 g/mol. The zero-order valence-corrected chi connectivity index (χ0v) is 45.2. The molecule has 382 valence electrons. The molecule has 1 saturated carbocycles. The van der Waals surface area contributed by atoms with E-state index < -0.39 is 0 Å². The first-order chi connectivity index (χ1) is 38.9. The molecule has 1 spiro atoms. The number of nitrogens with zero attached hydrogens (tertiary/aromatic N) is 2. The Kier molecular flexibility index (Phi) is 11.4. The Morgan fingerprint density at radius 2 is 0.848 bits per heavy atom. The van der Waals surface area contributed by atoms with Gasteiger partial charge in [0.05, 0.1) is 11.4 Å². The lowest BCUT2D eigenvalue weighted by atomic mass is 9.60. The summed E-state index contributed by atoms with van der Waals surface area (Å²) in [7, 11) is 0. The van der Waals surface area contributed by atoms with Crippen LogP contribution >= 0.6 is 0 Å². The Labute approximate surface area is 466 Å². The van der Waals surface area contributed by atoms with E-state index in [0.717, 1.165) is 12.8 Å². The normalized spacial score (nSPS) is 18.3. The third-order valence-corrected chi connectivity index (χ3v) is 18.9. The molecule has 2 heteroatoms. The molecule has 1 fully saturated rings. The second-order valence-electron chi connectivity index (χ2n) is 23.4. The molecule has 0 heterocycles. The highest BCUT2D eigenvalue weighted by Gasteiger charge is 2.59. The van der Waals surface area contributed by atoms with E-state index in [2.05, 4.69) is 278 Å². The van der Waals surface area contributed by atoms with E-state index in [0.29, 0.717) is 11.8 Å². The lowest BCUT2D eigenvalue weighted by molar-refractivity contribution is 0.205. The number of hydrogen-bond donors (Lipinski definition) is 0. The largest absolute Gasteiger partial charge is 0.310 e. The molecular weight excluding hydrogens is 953 g/mol. The summed E-state index contributed by atoms with van der Waals surface area (Å²) >= 11 is 0. The first-order valence-corrected chi connectivity index (χ1v) is 28.9. The molecule has 0 bridgehead atoms. The summed E-state index contributed by atoms with van der Waals surface area (Å²) in [6.07, 6.45) is 8.45. The Morgan fingerprint density at radius 3 is 1.51 bits per heavy atom. The Morgan fingerprint density at radius 1 is 0.354 bits per heavy atom. The second-order valence-corrected chi connectivity index (χ2v) is 23.4. The van der Waals surface area contributed by atoms with Gasteiger partial charge in [0.1, 0.15) is 0 Å². The van der Waals surface area contributed by atoms with Gasteiger partial charge >= 0.3 is 0 Å². The predicted octanol–water partition coefficient (Wildman–Crippen LogP) is 20.7. The van der Waals surface area contributed by atoms with Crippen molar-refractivity contribution in [1.82, 2.24) is 0 Å². The van der Waals surface area contributed by atoms with E-state index in [4.69, 9.17) is 0 Å². The molecule has 11 aromatic rings. The van der Waals surface area contributed by atoms with Crippen LogP contribution in [0.1, 0.15) is 79.3 Å². The number of rotatable bonds is 9. The first kappa shape index (κ1) is 47.5. The number of para-hydroxylation sites is 2. The van der Waals surface area contributed by atoms with Crippen LogP contribution in [0.15, 0.2) is 255 Å². The van der Waals surface area contributed by atoms with E-state index in [9.17, 15) is 0 Å². The third-order valence-electron chi connectivity index (χ3n) is 18.9. The van der Waals surface area contributed by atoms with Gasteiger partial charge in [-0.05, 0) is 187 Å². The van der Waals surface area contributed by atoms with Gasteiger partial charge in [-0.15, -0.1) is 0 Å². The van der Waals surface area contributed by atoms with Crippen molar-refractivity contribution in [2.75, 3.05) is 9.80 Å². The van der Waals surface area contributed by atoms with Gasteiger partial charge in [-0.1, -0.05) is 227 Å². The van der Waals surface area contributed by atoms with Gasteiger partial charge in [-0.2, -0.15) is 0 Å². The van der Waals surface area contributed by atoms with E-state index in [1.165, 1.54) is 144 Å². The lowest BCUT2D eigenvalue weighted by Crippen LogP contribution is -2.40. The van der Waals surface area contributed by atoms with Gasteiger partial charge in [0.2, 0.25) is 0 Å². The number of hydrogen-bond acceptors (Lipinski definition) is 2. The molecule has 0 saturated heterocycles. The summed E-state index contributed by atoms with van der Waals surface area (Å²) in [5, 5.41) is 2.51. The second kappa shape index (κ2) is 19.0. The monoisotopic (exact) mass is 1020 g/mol. The summed E-state index contributed by atoms with van der Waals surface area (Å²) in [5.74, 6) is 0.936. The molecule has 11 aromatic carbocycles. The maximum atomic E-state index is 2.64. The van der Waals surface area contributed by atoms with Crippen molar-refractivity contribution in [3.63, 3.8) is 0 Å². The molecule has 2 nitrogen and oxygen atoms in total. The van der Waals surface area contributed by atoms with Crippen LogP contribution in [0.3, 0.4) is 0 Å². The highest BCUT2D eigenvalue weighted by Crippen LogP contribution is 2.66. The maximum absolute atomic E-state index is 2.64. The molecule has 0 N–H and O–H groups in total. The van der Waals surface area contributed by atoms with Gasteiger partial charge in [-0.3, -0.25) is 0 Å². The van der Waals surface area contributed by atoms with Crippen molar-refractivity contribution in [2.45, 2.75) is 69.6 Å². The van der Waals surface area contributed by atoms with Gasteiger partial charge in [-0.25, -0.2) is 0 Å². The fraction of sp³-hybridized carbons (Fsp3) is 0.169. The van der Waals surface area contributed by atoms with Crippen molar-refractivity contribution in [2.24, 2.45) is 11.8 Å². The van der Waals surface area contributed by atoms with Crippen LogP contribution in [-0.4, -0.2) is 0 Å². The predicted molar refractivity (Wildman–Crippen MR) is 332 cm³/mol. The molecule has 15 rings (SSSR count). The quantitative estimate of drug-likeness (QED) is 0.142. The van der Waals surface area contributed by atoms with Crippen molar-refractivity contribution >= 4 is 44.9 Å². The molecular formula is C77H64N2. The lowest BCUT2D eigenvalue weighted by Gasteiger charge is -2.45. The van der Waals surface area contributed by atoms with Crippen LogP contribution in [0, 0.1) is 11.8 Å². The van der Waals surface area contributed by atoms with Crippen LogP contribution < -0.4 is 9.80 Å². The molecule has 0 radical (unpaired) electrons. The summed E-state index contributed by atoms with van der Waals surface area (Å²) in [5.41, 5.74) is 26.1. The van der Waals surface area contributed by atoms with E-state index in [-0.39, 0.29) is 10.8 Å². The number of anilines is 6. The van der Waals surface area contributed by atoms with Crippen LogP contribution in [0.5, 0.6) is 0 Å². The van der Waals surface area contributed by atoms with Crippen molar-refractivity contribution < 1.29 is 0 Å². The van der Waals surface area contributed by atoms with Crippen LogP contribution in [-0.2, 0) is 23.7 Å². The average Bonchev–Trinajstić information content (AvgIpc) is 2.78. The first-order valence-electron chi connectivity index (χ1n) is 28.9. The van der Waals surface area contributed by atoms with Crippen LogP contribution in [0.25, 0.3) is 55.3 Å². The van der Waals surface area contributed by atoms with Crippen LogP contribution in [0.4, 0.5) is 34.1 Å². The smallest absolute Gasteiger partial charge is 0.0505 e. The fourth-order valence-corrected chi connectivity index (χ4v) is 15.5. The number of benzene rings is 11. The SMILES string of the molecule is CC1(C)c2ccccc2-c2ccc(N(c3ccccc3)c3cccc4c3C35c6c(cccc6N(c6ccccc6)c6ccc(-c7ccc8ccccc8c7-c7ccc(-c8ccccc8)cc7)cc6)CC3CCCCCC5C4)cc21. The highest BCUT2D eigenvalue weighted by atomic mass is 15.2. The molecule has 0 aliphatic heterocycles. The Balaban J connectivity index is 0.901. The highest BCUT2D eigenvalue weighted by molar-refractivity contribution is 6.04. The molecule has 0 aromatic heterocycles. The standard InChI is InChI=1S/C77H64N2/c1-76(2)69-34-18-17-33-67(69)68-48-46-64(51-70(68)76)79(62-30-13-6-14-31-62)72-36-20-25-58-50-60-27-10-4-9-26-59-49-57-24-19-35-71(74(57)77(59,60)75(58)72)78(61-28-11-5-12-29-61)63-44-41-55(42-45-63)66-47-43-54-23-15-16-32-65(54)73(66)56-39-37-53(38-40-56)52-21-7-3-8-22-52/h3,5-8,11-25,28-48,51,59-60H,4,9-10,26-27,49-50H2,1-2H3. The molecule has 4 aliphatic carbocycles. The zero-order valence-electron chi connectivity index (χ0n) is 45.2. The minimum absolute atomic E-state index is 0.122. The summed E-state index contributed by atoms with van der Waals surface area (Å²) in [6, 6.07) is 96.3. The van der Waals surface area contributed by atoms with Gasteiger partial charge in [0, 0.05) is 33.6 Å². The molecule has 3 atom stereocenters. The summed E-state index contributed by atoms with van der Waals surface area (Å²) in [4.78, 5) is 5.24. The minimum Gasteiger partial charge on any atom is -0.310 e. The topological polar surface area (TPSA) is 6.48 Å². The molecule has 0 amide bonds. The Hall–Kier alpha value is -8.72. The van der Waals surface area contributed by atoms with Crippen molar-refractivity contribution in [1.29, 1.82) is 0 Å². The third kappa shape index (κ3) is 7.59. The molecule has 3 unspecified atom stereocenters. The molecule has 79 heavy (non-hydrogen) atoms. The molecule has 4 aliphatic rings. The maximum Gasteiger partial charge on any atom is 0.0505 e. The fourth-order valence-electron chi connectivity index (χ4n) is 15.5. The van der Waals surface area contributed by atoms with Crippen molar-refractivity contribution in [3.8, 4) is 44.5 Å². The van der Waals surface area contributed by atoms with Gasteiger partial charge in [0.25, 0.3) is 0 Å². The minimum atomic E-state index is -0.208. The summed E-state index contributed by atoms with van der Waals surface area (Å²) in [6.45, 7) is 4.82. The summed E-state index contributed by atoms with van der Waals surface area (Å²) < 4.78 is 0. The van der Waals surface area contributed by atoms with Crippen LogP contribution in [0.2, 0.25) is 0 Å². The van der Waals surface area contributed by atoms with E-state index in [1.54, 1.807) is 11.1 Å². The van der Waals surface area contributed by atoms with E-state index >= 15 is 0 Å². The number of fused-ring (bicyclic) bond motifs is 6.